The van der Waals surface area contributed by atoms with Crippen molar-refractivity contribution < 1.29 is 9.13 Å². The van der Waals surface area contributed by atoms with Gasteiger partial charge < -0.3 is 14.6 Å². The van der Waals surface area contributed by atoms with E-state index in [-0.39, 0.29) is 12.4 Å². The summed E-state index contributed by atoms with van der Waals surface area (Å²) in [6, 6.07) is 24.6. The topological polar surface area (TPSA) is 26.2 Å². The summed E-state index contributed by atoms with van der Waals surface area (Å²) in [7, 11) is 1.86. The number of halogens is 2. The minimum absolute atomic E-state index is 0.243. The van der Waals surface area contributed by atoms with E-state index in [0.717, 1.165) is 45.2 Å². The predicted molar refractivity (Wildman–Crippen MR) is 130 cm³/mol. The third kappa shape index (κ3) is 4.41. The first-order valence-electron chi connectivity index (χ1n) is 10.3. The molecule has 0 aliphatic heterocycles. The first-order valence-corrected chi connectivity index (χ1v) is 10.7. The number of hydrogen-bond donors (Lipinski definition) is 1. The molecule has 0 atom stereocenters. The fourth-order valence-corrected chi connectivity index (χ4v) is 3.89. The van der Waals surface area contributed by atoms with E-state index >= 15 is 0 Å². The second-order valence-electron chi connectivity index (χ2n) is 7.49. The van der Waals surface area contributed by atoms with Gasteiger partial charge in [0, 0.05) is 35.3 Å². The molecule has 1 aromatic heterocycles. The molecule has 4 aromatic rings. The number of para-hydroxylation sites is 1. The van der Waals surface area contributed by atoms with E-state index in [1.807, 2.05) is 43.4 Å². The molecule has 32 heavy (non-hydrogen) atoms. The highest BCUT2D eigenvalue weighted by Crippen LogP contribution is 2.34. The van der Waals surface area contributed by atoms with Crippen molar-refractivity contribution in [3.05, 3.63) is 113 Å². The molecule has 0 saturated heterocycles. The Morgan fingerprint density at radius 2 is 1.84 bits per heavy atom. The normalized spacial score (nSPS) is 10.8. The summed E-state index contributed by atoms with van der Waals surface area (Å²) in [6.45, 7) is 6.39. The Morgan fingerprint density at radius 3 is 2.62 bits per heavy atom. The van der Waals surface area contributed by atoms with E-state index in [1.165, 1.54) is 12.1 Å². The molecule has 0 bridgehead atoms. The smallest absolute Gasteiger partial charge is 0.129 e. The highest BCUT2D eigenvalue weighted by molar-refractivity contribution is 6.31. The maximum absolute atomic E-state index is 13.4. The lowest BCUT2D eigenvalue weighted by Gasteiger charge is -2.17. The molecule has 0 radical (unpaired) electrons. The van der Waals surface area contributed by atoms with Crippen molar-refractivity contribution in [2.45, 2.75) is 13.5 Å². The van der Waals surface area contributed by atoms with Crippen molar-refractivity contribution >= 4 is 17.3 Å². The van der Waals surface area contributed by atoms with Gasteiger partial charge in [0.25, 0.3) is 0 Å². The van der Waals surface area contributed by atoms with Gasteiger partial charge in [-0.2, -0.15) is 0 Å². The van der Waals surface area contributed by atoms with Crippen LogP contribution in [0.15, 0.2) is 85.4 Å². The molecule has 0 saturated carbocycles. The molecule has 1 heterocycles. The second kappa shape index (κ2) is 9.33. The number of hydrogen-bond acceptors (Lipinski definition) is 2. The minimum Gasteiger partial charge on any atom is -0.488 e. The van der Waals surface area contributed by atoms with E-state index in [9.17, 15) is 4.39 Å². The summed E-state index contributed by atoms with van der Waals surface area (Å²) in [5, 5.41) is 3.46. The number of nitrogens with one attached hydrogen (secondary N) is 1. The lowest BCUT2D eigenvalue weighted by atomic mass is 10.1. The Morgan fingerprint density at radius 1 is 1.03 bits per heavy atom. The maximum Gasteiger partial charge on any atom is 0.129 e. The van der Waals surface area contributed by atoms with Gasteiger partial charge in [-0.1, -0.05) is 48.5 Å². The van der Waals surface area contributed by atoms with Gasteiger partial charge in [-0.15, -0.1) is 0 Å². The van der Waals surface area contributed by atoms with Gasteiger partial charge in [-0.25, -0.2) is 4.39 Å². The van der Waals surface area contributed by atoms with Crippen LogP contribution in [0.2, 0.25) is 5.02 Å². The number of aryl methyl sites for hydroxylation is 1. The van der Waals surface area contributed by atoms with Gasteiger partial charge in [0.15, 0.2) is 0 Å². The molecule has 5 heteroatoms. The zero-order chi connectivity index (χ0) is 22.7. The fourth-order valence-electron chi connectivity index (χ4n) is 3.67. The zero-order valence-corrected chi connectivity index (χ0v) is 18.8. The molecule has 3 nitrogen and oxygen atoms in total. The number of nitrogens with zero attached hydrogens (tertiary/aromatic N) is 1. The SMILES string of the molecule is C=C(NC)c1cccc(-n2c(C)ccc2-c2ccccc2OCc2ccc(F)cc2Cl)c1. The molecule has 0 fully saturated rings. The third-order valence-corrected chi connectivity index (χ3v) is 5.74. The Hall–Kier alpha value is -3.50. The van der Waals surface area contributed by atoms with Crippen molar-refractivity contribution in [1.29, 1.82) is 0 Å². The number of benzene rings is 3. The summed E-state index contributed by atoms with van der Waals surface area (Å²) >= 11 is 6.18. The van der Waals surface area contributed by atoms with Crippen molar-refractivity contribution in [3.63, 3.8) is 0 Å². The first kappa shape index (κ1) is 21.7. The molecule has 162 valence electrons. The molecular weight excluding hydrogens is 423 g/mol. The number of ether oxygens (including phenoxy) is 1. The molecule has 4 rings (SSSR count). The van der Waals surface area contributed by atoms with Crippen LogP contribution >= 0.6 is 11.6 Å². The van der Waals surface area contributed by atoms with Gasteiger partial charge in [0.1, 0.15) is 18.2 Å². The zero-order valence-electron chi connectivity index (χ0n) is 18.0. The van der Waals surface area contributed by atoms with Crippen molar-refractivity contribution in [2.24, 2.45) is 0 Å². The lowest BCUT2D eigenvalue weighted by Crippen LogP contribution is -2.05. The van der Waals surface area contributed by atoms with E-state index in [2.05, 4.69) is 47.7 Å². The maximum atomic E-state index is 13.4. The van der Waals surface area contributed by atoms with E-state index in [0.29, 0.717) is 5.02 Å². The van der Waals surface area contributed by atoms with Gasteiger partial charge in [0.05, 0.1) is 10.7 Å². The van der Waals surface area contributed by atoms with E-state index < -0.39 is 0 Å². The average molecular weight is 447 g/mol. The largest absolute Gasteiger partial charge is 0.488 e. The third-order valence-electron chi connectivity index (χ3n) is 5.39. The molecular formula is C27H24ClFN2O. The Kier molecular flexibility index (Phi) is 6.33. The summed E-state index contributed by atoms with van der Waals surface area (Å²) in [6.07, 6.45) is 0. The highest BCUT2D eigenvalue weighted by atomic mass is 35.5. The van der Waals surface area contributed by atoms with E-state index in [1.54, 1.807) is 6.07 Å². The summed E-state index contributed by atoms with van der Waals surface area (Å²) < 4.78 is 21.7. The van der Waals surface area contributed by atoms with Crippen LogP contribution < -0.4 is 10.1 Å². The van der Waals surface area contributed by atoms with Crippen LogP contribution in [0, 0.1) is 12.7 Å². The Balaban J connectivity index is 1.71. The van der Waals surface area contributed by atoms with Crippen LogP contribution in [0.25, 0.3) is 22.6 Å². The summed E-state index contributed by atoms with van der Waals surface area (Å²) in [5.74, 6) is 0.360. The Labute approximate surface area is 192 Å². The molecule has 0 aliphatic rings. The average Bonchev–Trinajstić information content (AvgIpc) is 3.19. The fraction of sp³-hybridized carbons (Fsp3) is 0.111. The van der Waals surface area contributed by atoms with Gasteiger partial charge in [-0.3, -0.25) is 0 Å². The summed E-state index contributed by atoms with van der Waals surface area (Å²) in [4.78, 5) is 0. The van der Waals surface area contributed by atoms with E-state index in [4.69, 9.17) is 16.3 Å². The molecule has 1 N–H and O–H groups in total. The van der Waals surface area contributed by atoms with Gasteiger partial charge in [-0.05, 0) is 61.0 Å². The van der Waals surface area contributed by atoms with Crippen LogP contribution in [-0.4, -0.2) is 11.6 Å². The monoisotopic (exact) mass is 446 g/mol. The van der Waals surface area contributed by atoms with Crippen molar-refractivity contribution in [2.75, 3.05) is 7.05 Å². The van der Waals surface area contributed by atoms with Crippen molar-refractivity contribution in [1.82, 2.24) is 9.88 Å². The quantitative estimate of drug-likeness (QED) is 0.330. The minimum atomic E-state index is -0.365. The van der Waals surface area contributed by atoms with Crippen LogP contribution in [-0.2, 0) is 6.61 Å². The molecule has 0 unspecified atom stereocenters. The highest BCUT2D eigenvalue weighted by Gasteiger charge is 2.15. The second-order valence-corrected chi connectivity index (χ2v) is 7.90. The van der Waals surface area contributed by atoms with Gasteiger partial charge >= 0.3 is 0 Å². The lowest BCUT2D eigenvalue weighted by molar-refractivity contribution is 0.307. The van der Waals surface area contributed by atoms with Crippen LogP contribution in [0.1, 0.15) is 16.8 Å². The number of aromatic nitrogens is 1. The Bertz CT molecular complexity index is 1280. The van der Waals surface area contributed by atoms with Gasteiger partial charge in [0.2, 0.25) is 0 Å². The van der Waals surface area contributed by atoms with Crippen LogP contribution in [0.5, 0.6) is 5.75 Å². The van der Waals surface area contributed by atoms with Crippen LogP contribution in [0.4, 0.5) is 4.39 Å². The molecule has 0 aliphatic carbocycles. The first-order chi connectivity index (χ1) is 15.5. The number of rotatable bonds is 7. The summed E-state index contributed by atoms with van der Waals surface area (Å²) in [5.41, 5.74) is 6.72. The predicted octanol–water partition coefficient (Wildman–Crippen LogP) is 7.01. The van der Waals surface area contributed by atoms with Crippen LogP contribution in [0.3, 0.4) is 0 Å². The molecule has 3 aromatic carbocycles. The standard InChI is InChI=1S/C27H24ClFN2O/c1-18-11-14-26(31(18)23-8-6-7-20(15-23)19(2)30-3)24-9-4-5-10-27(24)32-17-21-12-13-22(29)16-25(21)28/h4-16,30H,2,17H2,1,3H3. The molecule has 0 amide bonds. The van der Waals surface area contributed by atoms with Crippen molar-refractivity contribution in [3.8, 4) is 22.7 Å². The molecule has 0 spiro atoms.